The molecule has 1 nitrogen and oxygen atoms in total. The lowest BCUT2D eigenvalue weighted by atomic mass is 9.82. The maximum atomic E-state index is 12.2. The third kappa shape index (κ3) is 3.42. The Morgan fingerprint density at radius 2 is 1.82 bits per heavy atom. The molecule has 0 heterocycles. The van der Waals surface area contributed by atoms with Crippen molar-refractivity contribution in [2.75, 3.05) is 0 Å². The quantitative estimate of drug-likeness (QED) is 0.752. The van der Waals surface area contributed by atoms with E-state index in [1.807, 2.05) is 25.1 Å². The maximum Gasteiger partial charge on any atom is 0.140 e. The SMILES string of the molecule is CC(C(=O)CC1CCCCC1)c1ccccc1. The highest BCUT2D eigenvalue weighted by Gasteiger charge is 2.21. The number of hydrogen-bond donors (Lipinski definition) is 0. The first-order valence-electron chi connectivity index (χ1n) is 6.85. The van der Waals surface area contributed by atoms with E-state index in [2.05, 4.69) is 12.1 Å². The van der Waals surface area contributed by atoms with Gasteiger partial charge in [-0.05, 0) is 11.5 Å². The van der Waals surface area contributed by atoms with E-state index < -0.39 is 0 Å². The van der Waals surface area contributed by atoms with Gasteiger partial charge < -0.3 is 0 Å². The normalized spacial score (nSPS) is 18.9. The van der Waals surface area contributed by atoms with Gasteiger partial charge in [0.15, 0.2) is 0 Å². The summed E-state index contributed by atoms with van der Waals surface area (Å²) in [7, 11) is 0. The first kappa shape index (κ1) is 12.3. The number of Topliss-reactive ketones (excluding diaryl/α,β-unsaturated/α-hetero) is 1. The van der Waals surface area contributed by atoms with Crippen LogP contribution in [0.4, 0.5) is 0 Å². The van der Waals surface area contributed by atoms with Gasteiger partial charge in [-0.2, -0.15) is 0 Å². The molecule has 0 radical (unpaired) electrons. The van der Waals surface area contributed by atoms with E-state index in [1.165, 1.54) is 32.1 Å². The van der Waals surface area contributed by atoms with E-state index in [4.69, 9.17) is 0 Å². The molecule has 0 amide bonds. The lowest BCUT2D eigenvalue weighted by Gasteiger charge is -2.22. The van der Waals surface area contributed by atoms with Gasteiger partial charge >= 0.3 is 0 Å². The van der Waals surface area contributed by atoms with Crippen LogP contribution in [0.5, 0.6) is 0 Å². The van der Waals surface area contributed by atoms with E-state index in [-0.39, 0.29) is 5.92 Å². The van der Waals surface area contributed by atoms with Gasteiger partial charge in [0.05, 0.1) is 0 Å². The van der Waals surface area contributed by atoms with Gasteiger partial charge in [-0.3, -0.25) is 4.79 Å². The largest absolute Gasteiger partial charge is 0.299 e. The average Bonchev–Trinajstić information content (AvgIpc) is 2.40. The number of carbonyl (C=O) groups is 1. The van der Waals surface area contributed by atoms with Crippen molar-refractivity contribution < 1.29 is 4.79 Å². The lowest BCUT2D eigenvalue weighted by molar-refractivity contribution is -0.121. The molecule has 1 unspecified atom stereocenters. The Bertz CT molecular complexity index is 349. The van der Waals surface area contributed by atoms with Gasteiger partial charge in [0, 0.05) is 12.3 Å². The molecule has 0 saturated heterocycles. The zero-order valence-electron chi connectivity index (χ0n) is 10.7. The molecule has 92 valence electrons. The third-order valence-electron chi connectivity index (χ3n) is 4.00. The number of hydrogen-bond acceptors (Lipinski definition) is 1. The highest BCUT2D eigenvalue weighted by molar-refractivity contribution is 5.85. The first-order valence-corrected chi connectivity index (χ1v) is 6.85. The second kappa shape index (κ2) is 6.00. The standard InChI is InChI=1S/C16H22O/c1-13(15-10-6-3-7-11-15)16(17)12-14-8-4-2-5-9-14/h3,6-7,10-11,13-14H,2,4-5,8-9,12H2,1H3. The van der Waals surface area contributed by atoms with Gasteiger partial charge in [-0.25, -0.2) is 0 Å². The van der Waals surface area contributed by atoms with Gasteiger partial charge in [0.2, 0.25) is 0 Å². The number of carbonyl (C=O) groups excluding carboxylic acids is 1. The van der Waals surface area contributed by atoms with Crippen LogP contribution in [-0.2, 0) is 4.79 Å². The fraction of sp³-hybridized carbons (Fsp3) is 0.562. The zero-order valence-corrected chi connectivity index (χ0v) is 10.7. The minimum atomic E-state index is 0.0677. The molecule has 0 aromatic heterocycles. The predicted octanol–water partition coefficient (Wildman–Crippen LogP) is 4.33. The van der Waals surface area contributed by atoms with E-state index in [0.717, 1.165) is 12.0 Å². The van der Waals surface area contributed by atoms with Crippen molar-refractivity contribution in [2.24, 2.45) is 5.92 Å². The topological polar surface area (TPSA) is 17.1 Å². The zero-order chi connectivity index (χ0) is 12.1. The van der Waals surface area contributed by atoms with E-state index in [9.17, 15) is 4.79 Å². The molecular formula is C16H22O. The molecular weight excluding hydrogens is 208 g/mol. The van der Waals surface area contributed by atoms with Gasteiger partial charge in [0.25, 0.3) is 0 Å². The second-order valence-corrected chi connectivity index (χ2v) is 5.31. The van der Waals surface area contributed by atoms with Crippen LogP contribution >= 0.6 is 0 Å². The Hall–Kier alpha value is -1.11. The molecule has 0 spiro atoms. The van der Waals surface area contributed by atoms with Crippen LogP contribution in [0.1, 0.15) is 56.9 Å². The van der Waals surface area contributed by atoms with Gasteiger partial charge in [0.1, 0.15) is 5.78 Å². The Morgan fingerprint density at radius 1 is 1.18 bits per heavy atom. The van der Waals surface area contributed by atoms with Crippen molar-refractivity contribution in [3.05, 3.63) is 35.9 Å². The first-order chi connectivity index (χ1) is 8.27. The van der Waals surface area contributed by atoms with Crippen LogP contribution in [0.25, 0.3) is 0 Å². The Kier molecular flexibility index (Phi) is 4.36. The number of ketones is 1. The summed E-state index contributed by atoms with van der Waals surface area (Å²) >= 11 is 0. The van der Waals surface area contributed by atoms with Crippen LogP contribution < -0.4 is 0 Å². The molecule has 0 bridgehead atoms. The van der Waals surface area contributed by atoms with Crippen LogP contribution in [0.2, 0.25) is 0 Å². The van der Waals surface area contributed by atoms with Crippen LogP contribution in [0.3, 0.4) is 0 Å². The third-order valence-corrected chi connectivity index (χ3v) is 4.00. The molecule has 0 aliphatic heterocycles. The van der Waals surface area contributed by atoms with Crippen molar-refractivity contribution in [3.8, 4) is 0 Å². The van der Waals surface area contributed by atoms with E-state index >= 15 is 0 Å². The summed E-state index contributed by atoms with van der Waals surface area (Å²) in [5, 5.41) is 0. The molecule has 17 heavy (non-hydrogen) atoms. The smallest absolute Gasteiger partial charge is 0.140 e. The predicted molar refractivity (Wildman–Crippen MR) is 71.1 cm³/mol. The highest BCUT2D eigenvalue weighted by atomic mass is 16.1. The van der Waals surface area contributed by atoms with E-state index in [0.29, 0.717) is 11.7 Å². The summed E-state index contributed by atoms with van der Waals surface area (Å²) in [6.07, 6.45) is 7.30. The summed E-state index contributed by atoms with van der Waals surface area (Å²) in [6.45, 7) is 2.04. The van der Waals surface area contributed by atoms with Crippen molar-refractivity contribution in [1.82, 2.24) is 0 Å². The van der Waals surface area contributed by atoms with Crippen molar-refractivity contribution >= 4 is 5.78 Å². The second-order valence-electron chi connectivity index (χ2n) is 5.31. The molecule has 1 saturated carbocycles. The fourth-order valence-electron chi connectivity index (χ4n) is 2.78. The monoisotopic (exact) mass is 230 g/mol. The summed E-state index contributed by atoms with van der Waals surface area (Å²) < 4.78 is 0. The molecule has 1 aliphatic rings. The van der Waals surface area contributed by atoms with E-state index in [1.54, 1.807) is 0 Å². The summed E-state index contributed by atoms with van der Waals surface area (Å²) in [4.78, 5) is 12.2. The molecule has 0 N–H and O–H groups in total. The number of rotatable bonds is 4. The van der Waals surface area contributed by atoms with Crippen LogP contribution in [-0.4, -0.2) is 5.78 Å². The average molecular weight is 230 g/mol. The Balaban J connectivity index is 1.91. The minimum Gasteiger partial charge on any atom is -0.299 e. The molecule has 1 aromatic carbocycles. The van der Waals surface area contributed by atoms with Crippen LogP contribution in [0.15, 0.2) is 30.3 Å². The molecule has 1 atom stereocenters. The van der Waals surface area contributed by atoms with Gasteiger partial charge in [-0.15, -0.1) is 0 Å². The molecule has 1 heteroatoms. The summed E-state index contributed by atoms with van der Waals surface area (Å²) in [6, 6.07) is 10.1. The van der Waals surface area contributed by atoms with Crippen molar-refractivity contribution in [3.63, 3.8) is 0 Å². The lowest BCUT2D eigenvalue weighted by Crippen LogP contribution is -2.16. The fourth-order valence-corrected chi connectivity index (χ4v) is 2.78. The van der Waals surface area contributed by atoms with Crippen LogP contribution in [0, 0.1) is 5.92 Å². The maximum absolute atomic E-state index is 12.2. The van der Waals surface area contributed by atoms with Crippen molar-refractivity contribution in [1.29, 1.82) is 0 Å². The molecule has 1 fully saturated rings. The minimum absolute atomic E-state index is 0.0677. The Labute approximate surface area is 104 Å². The van der Waals surface area contributed by atoms with Gasteiger partial charge in [-0.1, -0.05) is 69.4 Å². The summed E-state index contributed by atoms with van der Waals surface area (Å²) in [5.41, 5.74) is 1.16. The molecule has 2 rings (SSSR count). The van der Waals surface area contributed by atoms with Crippen molar-refractivity contribution in [2.45, 2.75) is 51.4 Å². The molecule has 1 aliphatic carbocycles. The molecule has 1 aromatic rings. The Morgan fingerprint density at radius 3 is 2.47 bits per heavy atom. The highest BCUT2D eigenvalue weighted by Crippen LogP contribution is 2.29. The number of benzene rings is 1. The summed E-state index contributed by atoms with van der Waals surface area (Å²) in [5.74, 6) is 1.14.